The third kappa shape index (κ3) is 3.00. The van der Waals surface area contributed by atoms with Crippen molar-refractivity contribution in [2.75, 3.05) is 0 Å². The Balaban J connectivity index is 2.31. The summed E-state index contributed by atoms with van der Waals surface area (Å²) in [6, 6.07) is 7.18. The minimum absolute atomic E-state index is 0.0331. The average Bonchev–Trinajstić information content (AvgIpc) is 2.30. The zero-order valence-electron chi connectivity index (χ0n) is 10.2. The molecule has 0 atom stereocenters. The number of aromatic amines is 1. The Morgan fingerprint density at radius 2 is 2.11 bits per heavy atom. The number of hydrogen-bond donors (Lipinski definition) is 2. The topological polar surface area (TPSA) is 66.0 Å². The zero-order valence-corrected chi connectivity index (χ0v) is 11.0. The molecule has 0 bridgehead atoms. The predicted molar refractivity (Wildman–Crippen MR) is 70.8 cm³/mol. The number of hydrogen-bond acceptors (Lipinski definition) is 4. The number of aromatic nitrogens is 2. The Hall–Kier alpha value is -1.59. The number of nitrogens with one attached hydrogen (secondary N) is 1. The van der Waals surface area contributed by atoms with Crippen molar-refractivity contribution in [2.45, 2.75) is 30.5 Å². The van der Waals surface area contributed by atoms with Crippen LogP contribution in [0.1, 0.15) is 16.8 Å². The van der Waals surface area contributed by atoms with E-state index in [2.05, 4.69) is 9.97 Å². The smallest absolute Gasteiger partial charge is 0.251 e. The summed E-state index contributed by atoms with van der Waals surface area (Å²) >= 11 is 1.41. The monoisotopic (exact) mass is 262 g/mol. The summed E-state index contributed by atoms with van der Waals surface area (Å²) in [5.41, 5.74) is 2.48. The van der Waals surface area contributed by atoms with Crippen LogP contribution >= 0.6 is 11.8 Å². The van der Waals surface area contributed by atoms with E-state index in [-0.39, 0.29) is 12.2 Å². The van der Waals surface area contributed by atoms with Crippen LogP contribution in [0.15, 0.2) is 39.1 Å². The lowest BCUT2D eigenvalue weighted by molar-refractivity contribution is 0.281. The molecule has 2 rings (SSSR count). The maximum absolute atomic E-state index is 11.3. The van der Waals surface area contributed by atoms with Crippen LogP contribution in [0.25, 0.3) is 0 Å². The van der Waals surface area contributed by atoms with E-state index in [4.69, 9.17) is 5.11 Å². The highest BCUT2D eigenvalue weighted by molar-refractivity contribution is 7.99. The fourth-order valence-corrected chi connectivity index (χ4v) is 2.53. The number of nitrogens with zero attached hydrogens (tertiary/aromatic N) is 1. The fourth-order valence-electron chi connectivity index (χ4n) is 1.63. The first-order chi connectivity index (χ1) is 8.58. The number of aliphatic hydroxyl groups excluding tert-OH is 1. The molecule has 4 nitrogen and oxygen atoms in total. The van der Waals surface area contributed by atoms with Crippen LogP contribution in [0, 0.1) is 13.8 Å². The average molecular weight is 262 g/mol. The largest absolute Gasteiger partial charge is 0.392 e. The number of H-pyrrole nitrogens is 1. The molecule has 0 aliphatic rings. The molecule has 0 aliphatic heterocycles. The van der Waals surface area contributed by atoms with E-state index < -0.39 is 0 Å². The van der Waals surface area contributed by atoms with Crippen LogP contribution < -0.4 is 5.56 Å². The fraction of sp³-hybridized carbons (Fsp3) is 0.231. The molecule has 1 aromatic heterocycles. The normalized spacial score (nSPS) is 10.6. The lowest BCUT2D eigenvalue weighted by Crippen LogP contribution is -2.07. The van der Waals surface area contributed by atoms with Gasteiger partial charge in [0.15, 0.2) is 5.16 Å². The van der Waals surface area contributed by atoms with Gasteiger partial charge in [-0.25, -0.2) is 4.98 Å². The van der Waals surface area contributed by atoms with Crippen molar-refractivity contribution >= 4 is 11.8 Å². The molecule has 0 saturated heterocycles. The van der Waals surface area contributed by atoms with Crippen LogP contribution in [0.4, 0.5) is 0 Å². The molecule has 1 aromatic carbocycles. The third-order valence-corrected chi connectivity index (χ3v) is 3.54. The molecule has 18 heavy (non-hydrogen) atoms. The van der Waals surface area contributed by atoms with Gasteiger partial charge in [0.25, 0.3) is 5.56 Å². The van der Waals surface area contributed by atoms with E-state index in [9.17, 15) is 4.79 Å². The molecular formula is C13H14N2O2S. The Morgan fingerprint density at radius 1 is 1.33 bits per heavy atom. The summed E-state index contributed by atoms with van der Waals surface area (Å²) < 4.78 is 0. The van der Waals surface area contributed by atoms with E-state index in [0.29, 0.717) is 10.9 Å². The van der Waals surface area contributed by atoms with Gasteiger partial charge in [0.2, 0.25) is 0 Å². The van der Waals surface area contributed by atoms with Crippen molar-refractivity contribution in [3.8, 4) is 0 Å². The predicted octanol–water partition coefficient (Wildman–Crippen LogP) is 2.03. The quantitative estimate of drug-likeness (QED) is 0.831. The van der Waals surface area contributed by atoms with E-state index in [1.807, 2.05) is 25.1 Å². The highest BCUT2D eigenvalue weighted by Crippen LogP contribution is 2.27. The van der Waals surface area contributed by atoms with Gasteiger partial charge in [-0.2, -0.15) is 0 Å². The Bertz CT molecular complexity index is 623. The van der Waals surface area contributed by atoms with Gasteiger partial charge < -0.3 is 10.1 Å². The second-order valence-corrected chi connectivity index (χ2v) is 5.08. The summed E-state index contributed by atoms with van der Waals surface area (Å²) in [7, 11) is 0. The Labute approximate surface area is 109 Å². The first kappa shape index (κ1) is 12.9. The summed E-state index contributed by atoms with van der Waals surface area (Å²) in [5.74, 6) is 0. The van der Waals surface area contributed by atoms with Crippen molar-refractivity contribution in [1.82, 2.24) is 9.97 Å². The molecule has 0 unspecified atom stereocenters. The molecule has 94 valence electrons. The van der Waals surface area contributed by atoms with Gasteiger partial charge in [0.05, 0.1) is 6.61 Å². The van der Waals surface area contributed by atoms with Crippen molar-refractivity contribution in [2.24, 2.45) is 0 Å². The van der Waals surface area contributed by atoms with Crippen LogP contribution in [-0.2, 0) is 6.61 Å². The first-order valence-electron chi connectivity index (χ1n) is 5.54. The number of aliphatic hydroxyl groups is 1. The zero-order chi connectivity index (χ0) is 13.1. The third-order valence-electron chi connectivity index (χ3n) is 2.48. The maximum Gasteiger partial charge on any atom is 0.251 e. The van der Waals surface area contributed by atoms with E-state index in [1.165, 1.54) is 17.8 Å². The second-order valence-electron chi connectivity index (χ2n) is 4.05. The number of aryl methyl sites for hydroxylation is 2. The summed E-state index contributed by atoms with van der Waals surface area (Å²) in [6.45, 7) is 3.79. The van der Waals surface area contributed by atoms with Crippen molar-refractivity contribution in [3.05, 3.63) is 51.4 Å². The first-order valence-corrected chi connectivity index (χ1v) is 6.36. The van der Waals surface area contributed by atoms with Gasteiger partial charge in [0, 0.05) is 16.7 Å². The Morgan fingerprint density at radius 3 is 2.72 bits per heavy atom. The molecule has 1 heterocycles. The minimum Gasteiger partial charge on any atom is -0.392 e. The molecule has 0 amide bonds. The second kappa shape index (κ2) is 5.37. The molecule has 0 fully saturated rings. The summed E-state index contributed by atoms with van der Waals surface area (Å²) in [5, 5.41) is 9.63. The standard InChI is InChI=1S/C13H14N2O2S/c1-8-5-10(7-16)3-4-11(8)18-13-14-9(2)6-12(17)15-13/h3-6,16H,7H2,1-2H3,(H,14,15,17). The van der Waals surface area contributed by atoms with Gasteiger partial charge in [-0.3, -0.25) is 4.79 Å². The van der Waals surface area contributed by atoms with Crippen LogP contribution in [0.2, 0.25) is 0 Å². The molecule has 2 N–H and O–H groups in total. The van der Waals surface area contributed by atoms with Gasteiger partial charge in [-0.15, -0.1) is 0 Å². The molecular weight excluding hydrogens is 248 g/mol. The number of rotatable bonds is 3. The number of benzene rings is 1. The van der Waals surface area contributed by atoms with E-state index >= 15 is 0 Å². The minimum atomic E-state index is -0.144. The van der Waals surface area contributed by atoms with Crippen LogP contribution in [0.3, 0.4) is 0 Å². The van der Waals surface area contributed by atoms with Gasteiger partial charge in [-0.1, -0.05) is 23.9 Å². The SMILES string of the molecule is Cc1cc(=O)[nH]c(Sc2ccc(CO)cc2C)n1. The molecule has 5 heteroatoms. The van der Waals surface area contributed by atoms with Gasteiger partial charge in [-0.05, 0) is 31.0 Å². The lowest BCUT2D eigenvalue weighted by atomic mass is 10.1. The van der Waals surface area contributed by atoms with Crippen molar-refractivity contribution in [3.63, 3.8) is 0 Å². The van der Waals surface area contributed by atoms with Gasteiger partial charge in [0.1, 0.15) is 0 Å². The molecule has 2 aromatic rings. The molecule has 0 radical (unpaired) electrons. The van der Waals surface area contributed by atoms with E-state index in [0.717, 1.165) is 16.0 Å². The summed E-state index contributed by atoms with van der Waals surface area (Å²) in [6.07, 6.45) is 0. The van der Waals surface area contributed by atoms with Gasteiger partial charge >= 0.3 is 0 Å². The van der Waals surface area contributed by atoms with Crippen LogP contribution in [0.5, 0.6) is 0 Å². The molecule has 0 spiro atoms. The highest BCUT2D eigenvalue weighted by Gasteiger charge is 2.05. The lowest BCUT2D eigenvalue weighted by Gasteiger charge is -2.06. The van der Waals surface area contributed by atoms with Crippen molar-refractivity contribution in [1.29, 1.82) is 0 Å². The maximum atomic E-state index is 11.3. The van der Waals surface area contributed by atoms with Crippen LogP contribution in [-0.4, -0.2) is 15.1 Å². The molecule has 0 saturated carbocycles. The Kier molecular flexibility index (Phi) is 3.84. The van der Waals surface area contributed by atoms with E-state index in [1.54, 1.807) is 6.92 Å². The summed E-state index contributed by atoms with van der Waals surface area (Å²) in [4.78, 5) is 19.3. The highest BCUT2D eigenvalue weighted by atomic mass is 32.2. The molecule has 0 aliphatic carbocycles. The van der Waals surface area contributed by atoms with Crippen molar-refractivity contribution < 1.29 is 5.11 Å².